The molecule has 1 aromatic heterocycles. The summed E-state index contributed by atoms with van der Waals surface area (Å²) in [4.78, 5) is 24.2. The fourth-order valence-corrected chi connectivity index (χ4v) is 4.11. The first-order chi connectivity index (χ1) is 16.6. The molecule has 0 aliphatic carbocycles. The number of aryl methyl sites for hydroxylation is 2. The number of hydrogen-bond acceptors (Lipinski definition) is 2. The lowest BCUT2D eigenvalue weighted by Crippen LogP contribution is -2.22. The van der Waals surface area contributed by atoms with E-state index >= 15 is 0 Å². The van der Waals surface area contributed by atoms with Crippen LogP contribution in [0.25, 0.3) is 0 Å². The highest BCUT2D eigenvalue weighted by molar-refractivity contribution is 6.04. The third-order valence-electron chi connectivity index (χ3n) is 6.00. The lowest BCUT2D eigenvalue weighted by molar-refractivity contribution is -0.137. The molecule has 35 heavy (non-hydrogen) atoms. The van der Waals surface area contributed by atoms with Crippen LogP contribution >= 0.6 is 0 Å². The zero-order valence-electron chi connectivity index (χ0n) is 19.7. The molecule has 3 aromatic rings. The predicted molar refractivity (Wildman–Crippen MR) is 129 cm³/mol. The summed E-state index contributed by atoms with van der Waals surface area (Å²) < 4.78 is 42.6. The molecular formula is C27H29F3N2O3. The maximum absolute atomic E-state index is 13.6. The quantitative estimate of drug-likeness (QED) is 0.342. The molecule has 0 spiro atoms. The van der Waals surface area contributed by atoms with E-state index in [0.29, 0.717) is 6.42 Å². The molecule has 0 aliphatic rings. The van der Waals surface area contributed by atoms with Gasteiger partial charge >= 0.3 is 12.1 Å². The zero-order valence-corrected chi connectivity index (χ0v) is 19.7. The first-order valence-corrected chi connectivity index (χ1v) is 11.6. The average molecular weight is 487 g/mol. The van der Waals surface area contributed by atoms with Crippen LogP contribution in [0.3, 0.4) is 0 Å². The molecule has 0 fully saturated rings. The van der Waals surface area contributed by atoms with E-state index in [2.05, 4.69) is 17.4 Å². The summed E-state index contributed by atoms with van der Waals surface area (Å²) in [5.41, 5.74) is 1.11. The van der Waals surface area contributed by atoms with E-state index in [0.717, 1.165) is 43.2 Å². The Morgan fingerprint density at radius 2 is 1.71 bits per heavy atom. The number of aliphatic carboxylic acids is 1. The number of anilines is 1. The largest absolute Gasteiger partial charge is 0.481 e. The van der Waals surface area contributed by atoms with Gasteiger partial charge in [0, 0.05) is 11.7 Å². The minimum Gasteiger partial charge on any atom is -0.481 e. The maximum atomic E-state index is 13.6. The van der Waals surface area contributed by atoms with Crippen LogP contribution in [-0.2, 0) is 30.2 Å². The standard InChI is InChI=1S/C27H29F3N2O3/c1-3-18(2)32-21(11-7-10-19-8-5-4-6-9-19)13-15-24(32)26(35)31-23-16-20(17-25(33)34)12-14-22(23)27(28,29)30/h4-6,8-9,12-16,18H,3,7,10-11,17H2,1-2H3,(H,31,35)(H,33,34). The average Bonchev–Trinajstić information content (AvgIpc) is 3.22. The number of hydrogen-bond donors (Lipinski definition) is 2. The van der Waals surface area contributed by atoms with Gasteiger partial charge in [-0.2, -0.15) is 13.2 Å². The highest BCUT2D eigenvalue weighted by Crippen LogP contribution is 2.36. The van der Waals surface area contributed by atoms with E-state index in [4.69, 9.17) is 5.11 Å². The van der Waals surface area contributed by atoms with Crippen molar-refractivity contribution in [3.8, 4) is 0 Å². The molecule has 2 N–H and O–H groups in total. The SMILES string of the molecule is CCC(C)n1c(CCCc2ccccc2)ccc1C(=O)Nc1cc(CC(=O)O)ccc1C(F)(F)F. The second-order valence-electron chi connectivity index (χ2n) is 8.58. The predicted octanol–water partition coefficient (Wildman–Crippen LogP) is 6.53. The molecule has 5 nitrogen and oxygen atoms in total. The molecule has 1 amide bonds. The van der Waals surface area contributed by atoms with E-state index in [-0.39, 0.29) is 17.3 Å². The molecule has 0 saturated heterocycles. The Morgan fingerprint density at radius 1 is 1.00 bits per heavy atom. The van der Waals surface area contributed by atoms with Crippen LogP contribution in [0.2, 0.25) is 0 Å². The highest BCUT2D eigenvalue weighted by Gasteiger charge is 2.34. The Hall–Kier alpha value is -3.55. The number of amides is 1. The van der Waals surface area contributed by atoms with Gasteiger partial charge in [-0.1, -0.05) is 43.3 Å². The summed E-state index contributed by atoms with van der Waals surface area (Å²) in [6.07, 6.45) is -1.96. The molecule has 2 aromatic carbocycles. The smallest absolute Gasteiger partial charge is 0.418 e. The molecule has 0 saturated carbocycles. The van der Waals surface area contributed by atoms with Crippen LogP contribution < -0.4 is 5.32 Å². The Kier molecular flexibility index (Phi) is 8.38. The first kappa shape index (κ1) is 26.1. The monoisotopic (exact) mass is 486 g/mol. The summed E-state index contributed by atoms with van der Waals surface area (Å²) in [7, 11) is 0. The molecule has 0 aliphatic heterocycles. The van der Waals surface area contributed by atoms with E-state index in [9.17, 15) is 22.8 Å². The third kappa shape index (κ3) is 6.74. The van der Waals surface area contributed by atoms with Gasteiger partial charge in [0.2, 0.25) is 0 Å². The van der Waals surface area contributed by atoms with E-state index in [1.165, 1.54) is 5.56 Å². The number of carbonyl (C=O) groups is 2. The molecule has 0 radical (unpaired) electrons. The van der Waals surface area contributed by atoms with Crippen molar-refractivity contribution in [2.24, 2.45) is 0 Å². The lowest BCUT2D eigenvalue weighted by Gasteiger charge is -2.20. The fourth-order valence-electron chi connectivity index (χ4n) is 4.11. The van der Waals surface area contributed by atoms with Gasteiger partial charge in [-0.05, 0) is 68.0 Å². The fraction of sp³-hybridized carbons (Fsp3) is 0.333. The highest BCUT2D eigenvalue weighted by atomic mass is 19.4. The number of carbonyl (C=O) groups excluding carboxylic acids is 1. The number of carboxylic acids is 1. The normalized spacial score (nSPS) is 12.4. The van der Waals surface area contributed by atoms with E-state index in [1.807, 2.05) is 42.7 Å². The van der Waals surface area contributed by atoms with Crippen molar-refractivity contribution in [1.29, 1.82) is 0 Å². The molecular weight excluding hydrogens is 457 g/mol. The summed E-state index contributed by atoms with van der Waals surface area (Å²) in [5, 5.41) is 11.4. The lowest BCUT2D eigenvalue weighted by atomic mass is 10.1. The van der Waals surface area contributed by atoms with Gasteiger partial charge < -0.3 is 15.0 Å². The summed E-state index contributed by atoms with van der Waals surface area (Å²) >= 11 is 0. The summed E-state index contributed by atoms with van der Waals surface area (Å²) in [6, 6.07) is 16.5. The van der Waals surface area contributed by atoms with Crippen LogP contribution in [-0.4, -0.2) is 21.6 Å². The second kappa shape index (κ2) is 11.3. The second-order valence-corrected chi connectivity index (χ2v) is 8.58. The Morgan fingerprint density at radius 3 is 2.34 bits per heavy atom. The first-order valence-electron chi connectivity index (χ1n) is 11.6. The van der Waals surface area contributed by atoms with Crippen LogP contribution in [0.15, 0.2) is 60.7 Å². The van der Waals surface area contributed by atoms with Crippen molar-refractivity contribution >= 4 is 17.6 Å². The van der Waals surface area contributed by atoms with Crippen molar-refractivity contribution in [3.05, 3.63) is 88.7 Å². The Bertz CT molecular complexity index is 1170. The van der Waals surface area contributed by atoms with Crippen LogP contribution in [0.4, 0.5) is 18.9 Å². The molecule has 3 rings (SSSR count). The van der Waals surface area contributed by atoms with E-state index in [1.54, 1.807) is 6.07 Å². The minimum absolute atomic E-state index is 0.0297. The van der Waals surface area contributed by atoms with Crippen molar-refractivity contribution < 1.29 is 27.9 Å². The number of aromatic nitrogens is 1. The molecule has 186 valence electrons. The molecule has 1 unspecified atom stereocenters. The van der Waals surface area contributed by atoms with Gasteiger partial charge in [-0.3, -0.25) is 9.59 Å². The van der Waals surface area contributed by atoms with Gasteiger partial charge in [-0.25, -0.2) is 0 Å². The topological polar surface area (TPSA) is 71.3 Å². The number of carboxylic acid groups (broad SMARTS) is 1. The van der Waals surface area contributed by atoms with Gasteiger partial charge in [0.25, 0.3) is 5.91 Å². The van der Waals surface area contributed by atoms with Crippen molar-refractivity contribution in [2.45, 2.75) is 58.2 Å². The van der Waals surface area contributed by atoms with Gasteiger partial charge in [-0.15, -0.1) is 0 Å². The molecule has 1 atom stereocenters. The molecule has 0 bridgehead atoms. The summed E-state index contributed by atoms with van der Waals surface area (Å²) in [5.74, 6) is -1.84. The third-order valence-corrected chi connectivity index (χ3v) is 6.00. The number of nitrogens with zero attached hydrogens (tertiary/aromatic N) is 1. The maximum Gasteiger partial charge on any atom is 0.418 e. The summed E-state index contributed by atoms with van der Waals surface area (Å²) in [6.45, 7) is 3.95. The molecule has 8 heteroatoms. The Labute approximate surface area is 202 Å². The van der Waals surface area contributed by atoms with E-state index < -0.39 is 35.7 Å². The number of halogens is 3. The van der Waals surface area contributed by atoms with Crippen molar-refractivity contribution in [3.63, 3.8) is 0 Å². The Balaban J connectivity index is 1.86. The minimum atomic E-state index is -4.70. The number of benzene rings is 2. The van der Waals surface area contributed by atoms with Crippen LogP contribution in [0.1, 0.15) is 65.6 Å². The van der Waals surface area contributed by atoms with Gasteiger partial charge in [0.1, 0.15) is 5.69 Å². The van der Waals surface area contributed by atoms with Crippen LogP contribution in [0.5, 0.6) is 0 Å². The van der Waals surface area contributed by atoms with Crippen molar-refractivity contribution in [1.82, 2.24) is 4.57 Å². The number of rotatable bonds is 10. The van der Waals surface area contributed by atoms with Crippen LogP contribution in [0, 0.1) is 0 Å². The van der Waals surface area contributed by atoms with Gasteiger partial charge in [0.05, 0.1) is 17.7 Å². The number of nitrogens with one attached hydrogen (secondary N) is 1. The number of alkyl halides is 3. The molecule has 1 heterocycles. The van der Waals surface area contributed by atoms with Crippen molar-refractivity contribution in [2.75, 3.05) is 5.32 Å². The zero-order chi connectivity index (χ0) is 25.6. The van der Waals surface area contributed by atoms with Gasteiger partial charge in [0.15, 0.2) is 0 Å².